The number of fused-ring (bicyclic) bond motifs is 1. The van der Waals surface area contributed by atoms with Crippen molar-refractivity contribution in [1.29, 1.82) is 0 Å². The number of anilines is 2. The van der Waals surface area contributed by atoms with Crippen LogP contribution in [0.2, 0.25) is 0 Å². The zero-order chi connectivity index (χ0) is 39.1. The maximum Gasteiger partial charge on any atom is 0.320 e. The van der Waals surface area contributed by atoms with Gasteiger partial charge in [-0.05, 0) is 62.9 Å². The molecule has 4 rings (SSSR count). The highest BCUT2D eigenvalue weighted by molar-refractivity contribution is 5.87. The van der Waals surface area contributed by atoms with E-state index in [-0.39, 0.29) is 5.95 Å². The molecular weight excluding hydrogens is 693 g/mol. The van der Waals surface area contributed by atoms with Gasteiger partial charge in [0.1, 0.15) is 17.3 Å². The summed E-state index contributed by atoms with van der Waals surface area (Å²) in [6, 6.07) is 7.93. The van der Waals surface area contributed by atoms with Crippen molar-refractivity contribution in [1.82, 2.24) is 35.2 Å². The molecule has 0 amide bonds. The Kier molecular flexibility index (Phi) is 20.6. The van der Waals surface area contributed by atoms with Crippen molar-refractivity contribution >= 4 is 28.8 Å². The molecule has 0 radical (unpaired) electrons. The Morgan fingerprint density at radius 2 is 1.49 bits per heavy atom. The van der Waals surface area contributed by atoms with Gasteiger partial charge in [0.15, 0.2) is 5.82 Å². The molecule has 3 aromatic rings. The number of carboxylic acid groups (broad SMARTS) is 1. The van der Waals surface area contributed by atoms with Crippen molar-refractivity contribution in [2.24, 2.45) is 5.73 Å². The molecule has 0 spiro atoms. The summed E-state index contributed by atoms with van der Waals surface area (Å²) in [6.45, 7) is 12.0. The lowest BCUT2D eigenvalue weighted by atomic mass is 10.0. The first-order chi connectivity index (χ1) is 26.9. The van der Waals surface area contributed by atoms with E-state index in [2.05, 4.69) is 71.8 Å². The van der Waals surface area contributed by atoms with Crippen LogP contribution >= 0.6 is 0 Å². The molecule has 55 heavy (non-hydrogen) atoms. The highest BCUT2D eigenvalue weighted by Crippen LogP contribution is 2.27. The zero-order valence-corrected chi connectivity index (χ0v) is 34.0. The number of hydrogen-bond acceptors (Lipinski definition) is 11. The summed E-state index contributed by atoms with van der Waals surface area (Å²) in [6.07, 6.45) is 20.8. The summed E-state index contributed by atoms with van der Waals surface area (Å²) >= 11 is 0. The van der Waals surface area contributed by atoms with E-state index in [1.54, 1.807) is 7.11 Å². The third-order valence-electron chi connectivity index (χ3n) is 10.7. The molecule has 1 atom stereocenters. The van der Waals surface area contributed by atoms with Crippen LogP contribution in [-0.2, 0) is 17.9 Å². The predicted molar refractivity (Wildman–Crippen MR) is 225 cm³/mol. The number of unbranched alkanes of at least 4 members (excludes halogenated alkanes) is 12. The van der Waals surface area contributed by atoms with E-state index in [1.165, 1.54) is 82.6 Å². The second-order valence-corrected chi connectivity index (χ2v) is 15.3. The monoisotopic (exact) mass is 765 g/mol. The third-order valence-corrected chi connectivity index (χ3v) is 10.7. The van der Waals surface area contributed by atoms with Gasteiger partial charge in [-0.15, -0.1) is 0 Å². The summed E-state index contributed by atoms with van der Waals surface area (Å²) in [4.78, 5) is 22.3. The fourth-order valence-corrected chi connectivity index (χ4v) is 7.37. The summed E-state index contributed by atoms with van der Waals surface area (Å²) < 4.78 is 8.07. The second-order valence-electron chi connectivity index (χ2n) is 15.3. The quantitative estimate of drug-likeness (QED) is 0.0416. The van der Waals surface area contributed by atoms with E-state index in [4.69, 9.17) is 21.3 Å². The minimum Gasteiger partial charge on any atom is -0.496 e. The molecule has 3 heterocycles. The van der Waals surface area contributed by atoms with Gasteiger partial charge in [-0.1, -0.05) is 89.7 Å². The SMILES string of the molecule is CCCCCNc1nc(N)nc2ccn(Cc3ccc(CN4CCN(NCCCCNCCCCCCCCCCCC[C@@H](N)C(=O)O)CC4)cc3OC)c12. The molecule has 0 bridgehead atoms. The summed E-state index contributed by atoms with van der Waals surface area (Å²) in [5.41, 5.74) is 19.4. The lowest BCUT2D eigenvalue weighted by molar-refractivity contribution is -0.138. The largest absolute Gasteiger partial charge is 0.496 e. The van der Waals surface area contributed by atoms with E-state index in [0.717, 1.165) is 106 Å². The van der Waals surface area contributed by atoms with Crippen LogP contribution in [0.4, 0.5) is 11.8 Å². The number of carbonyl (C=O) groups is 1. The molecule has 0 unspecified atom stereocenters. The number of nitrogens with two attached hydrogens (primary N) is 2. The molecule has 1 saturated heterocycles. The average Bonchev–Trinajstić information content (AvgIpc) is 3.59. The molecule has 0 saturated carbocycles. The minimum absolute atomic E-state index is 0.287. The van der Waals surface area contributed by atoms with E-state index >= 15 is 0 Å². The topological polar surface area (TPSA) is 172 Å². The fourth-order valence-electron chi connectivity index (χ4n) is 7.37. The average molecular weight is 765 g/mol. The number of aromatic nitrogens is 3. The molecule has 1 aliphatic rings. The lowest BCUT2D eigenvalue weighted by Crippen LogP contribution is -2.51. The Labute approximate surface area is 330 Å². The Bertz CT molecular complexity index is 1510. The second kappa shape index (κ2) is 25.6. The Morgan fingerprint density at radius 1 is 0.836 bits per heavy atom. The number of hydrazine groups is 1. The van der Waals surface area contributed by atoms with Gasteiger partial charge >= 0.3 is 5.97 Å². The van der Waals surface area contributed by atoms with Crippen molar-refractivity contribution in [3.63, 3.8) is 0 Å². The number of ether oxygens (including phenoxy) is 1. The van der Waals surface area contributed by atoms with Crippen molar-refractivity contribution in [3.05, 3.63) is 41.6 Å². The van der Waals surface area contributed by atoms with Gasteiger partial charge in [0, 0.05) is 57.6 Å². The Hall–Kier alpha value is -3.49. The lowest BCUT2D eigenvalue weighted by Gasteiger charge is -2.35. The molecule has 1 fully saturated rings. The van der Waals surface area contributed by atoms with Crippen LogP contribution < -0.4 is 32.3 Å². The number of aliphatic carboxylic acids is 1. The van der Waals surface area contributed by atoms with Crippen LogP contribution in [0.1, 0.15) is 121 Å². The van der Waals surface area contributed by atoms with Gasteiger partial charge in [-0.25, -0.2) is 9.99 Å². The first kappa shape index (κ1) is 44.2. The normalized spacial score (nSPS) is 14.5. The van der Waals surface area contributed by atoms with Crippen molar-refractivity contribution in [2.75, 3.05) is 70.5 Å². The van der Waals surface area contributed by atoms with Gasteiger partial charge in [-0.2, -0.15) is 4.98 Å². The molecule has 308 valence electrons. The number of hydrogen-bond donors (Lipinski definition) is 6. The van der Waals surface area contributed by atoms with Crippen LogP contribution in [-0.4, -0.2) is 101 Å². The van der Waals surface area contributed by atoms with Gasteiger partial charge in [0.2, 0.25) is 5.95 Å². The predicted octanol–water partition coefficient (Wildman–Crippen LogP) is 6.37. The first-order valence-electron chi connectivity index (χ1n) is 21.3. The van der Waals surface area contributed by atoms with Crippen LogP contribution in [0.3, 0.4) is 0 Å². The number of nitrogens with one attached hydrogen (secondary N) is 3. The van der Waals surface area contributed by atoms with Crippen molar-refractivity contribution in [2.45, 2.75) is 129 Å². The summed E-state index contributed by atoms with van der Waals surface area (Å²) in [5, 5.41) is 18.3. The standard InChI is InChI=1S/C42H72N10O3/c1-3-4-14-24-46-40-39-37(48-42(44)49-40)21-26-51(39)33-35-20-19-34(31-38(35)55-2)32-50-27-29-52(30-28-50)47-25-17-16-23-45-22-15-12-10-8-6-5-7-9-11-13-18-36(43)41(53)54/h19-21,26,31,36,45,47H,3-18,22-25,27-30,32-33,43H2,1-2H3,(H,53,54)(H3,44,46,48,49)/t36-/m1/s1. The summed E-state index contributed by atoms with van der Waals surface area (Å²) in [7, 11) is 1.75. The number of benzene rings is 1. The summed E-state index contributed by atoms with van der Waals surface area (Å²) in [5.74, 6) is 1.09. The Morgan fingerprint density at radius 3 is 2.18 bits per heavy atom. The molecule has 2 aromatic heterocycles. The Balaban J connectivity index is 1.03. The maximum atomic E-state index is 10.7. The van der Waals surface area contributed by atoms with E-state index in [1.807, 2.05) is 6.07 Å². The van der Waals surface area contributed by atoms with Crippen LogP contribution in [0.15, 0.2) is 30.5 Å². The number of methoxy groups -OCH3 is 1. The maximum absolute atomic E-state index is 10.7. The van der Waals surface area contributed by atoms with Crippen LogP contribution in [0, 0.1) is 0 Å². The highest BCUT2D eigenvalue weighted by Gasteiger charge is 2.18. The van der Waals surface area contributed by atoms with Crippen molar-refractivity contribution < 1.29 is 14.6 Å². The van der Waals surface area contributed by atoms with Crippen LogP contribution in [0.5, 0.6) is 5.75 Å². The highest BCUT2D eigenvalue weighted by atomic mass is 16.5. The number of nitrogens with zero attached hydrogens (tertiary/aromatic N) is 5. The van der Waals surface area contributed by atoms with E-state index in [9.17, 15) is 4.79 Å². The molecule has 13 nitrogen and oxygen atoms in total. The number of carboxylic acids is 1. The molecule has 1 aromatic carbocycles. The third kappa shape index (κ3) is 16.3. The zero-order valence-electron chi connectivity index (χ0n) is 34.0. The smallest absolute Gasteiger partial charge is 0.320 e. The minimum atomic E-state index is -0.884. The van der Waals surface area contributed by atoms with Crippen molar-refractivity contribution in [3.8, 4) is 5.75 Å². The molecule has 8 N–H and O–H groups in total. The fraction of sp³-hybridized carbons (Fsp3) is 0.690. The molecule has 1 aliphatic heterocycles. The number of nitrogen functional groups attached to an aromatic ring is 1. The number of piperazine rings is 1. The number of rotatable bonds is 30. The molecule has 13 heteroatoms. The van der Waals surface area contributed by atoms with Gasteiger partial charge < -0.3 is 36.5 Å². The van der Waals surface area contributed by atoms with Gasteiger partial charge in [0.05, 0.1) is 19.2 Å². The van der Waals surface area contributed by atoms with Gasteiger partial charge in [0.25, 0.3) is 0 Å². The van der Waals surface area contributed by atoms with E-state index < -0.39 is 12.0 Å². The van der Waals surface area contributed by atoms with Gasteiger partial charge in [-0.3, -0.25) is 15.1 Å². The first-order valence-corrected chi connectivity index (χ1v) is 21.3. The van der Waals surface area contributed by atoms with Crippen LogP contribution in [0.25, 0.3) is 11.0 Å². The van der Waals surface area contributed by atoms with E-state index in [0.29, 0.717) is 13.0 Å². The molecule has 0 aliphatic carbocycles. The molecular formula is C42H72N10O3.